The Balaban J connectivity index is 1.76. The zero-order valence-corrected chi connectivity index (χ0v) is 15.3. The number of non-ortho nitro benzene ring substituents is 2. The molecule has 0 saturated carbocycles. The highest BCUT2D eigenvalue weighted by molar-refractivity contribution is 8.18. The van der Waals surface area contributed by atoms with Crippen molar-refractivity contribution in [3.05, 3.63) is 84.8 Å². The summed E-state index contributed by atoms with van der Waals surface area (Å²) in [5, 5.41) is 20.9. The number of hydrogen-bond donors (Lipinski definition) is 0. The van der Waals surface area contributed by atoms with Crippen LogP contribution in [0.2, 0.25) is 0 Å². The van der Waals surface area contributed by atoms with Crippen molar-refractivity contribution in [3.63, 3.8) is 0 Å². The molecule has 3 rings (SSSR count). The summed E-state index contributed by atoms with van der Waals surface area (Å²) in [6.07, 6.45) is 1.34. The summed E-state index contributed by atoms with van der Waals surface area (Å²) in [6, 6.07) is 10.4. The molecule has 0 atom stereocenters. The van der Waals surface area contributed by atoms with E-state index < -0.39 is 33.3 Å². The van der Waals surface area contributed by atoms with E-state index in [4.69, 9.17) is 0 Å². The number of nitrogens with zero attached hydrogens (tertiary/aromatic N) is 3. The number of Topliss-reactive ketones (excluding diaryl/α,β-unsaturated/α-hetero) is 1. The molecule has 2 aromatic carbocycles. The van der Waals surface area contributed by atoms with E-state index in [1.807, 2.05) is 0 Å². The molecule has 146 valence electrons. The van der Waals surface area contributed by atoms with Crippen molar-refractivity contribution in [2.24, 2.45) is 0 Å². The summed E-state index contributed by atoms with van der Waals surface area (Å²) in [5.41, 5.74) is 0.141. The van der Waals surface area contributed by atoms with Crippen molar-refractivity contribution in [3.8, 4) is 0 Å². The lowest BCUT2D eigenvalue weighted by atomic mass is 10.1. The van der Waals surface area contributed by atoms with Crippen LogP contribution in [0.15, 0.2) is 53.4 Å². The Kier molecular flexibility index (Phi) is 5.50. The number of nitro groups is 2. The standard InChI is InChI=1S/C18H11N3O7S/c22-15(12-4-6-13(7-5-12)20(25)26)10-19-17(23)16(29-18(19)24)9-11-2-1-3-14(8-11)21(27)28/h1-9H,10H2/b16-9+. The molecular formula is C18H11N3O7S. The van der Waals surface area contributed by atoms with E-state index in [9.17, 15) is 34.6 Å². The van der Waals surface area contributed by atoms with Crippen molar-refractivity contribution in [1.29, 1.82) is 0 Å². The molecule has 1 heterocycles. The van der Waals surface area contributed by atoms with Gasteiger partial charge in [-0.05, 0) is 35.5 Å². The van der Waals surface area contributed by atoms with E-state index in [0.717, 1.165) is 17.0 Å². The number of rotatable bonds is 6. The Hall–Kier alpha value is -3.86. The first-order valence-corrected chi connectivity index (χ1v) is 8.85. The molecule has 0 radical (unpaired) electrons. The van der Waals surface area contributed by atoms with Crippen molar-refractivity contribution >= 4 is 46.1 Å². The van der Waals surface area contributed by atoms with Gasteiger partial charge in [0.1, 0.15) is 0 Å². The molecule has 10 nitrogen and oxygen atoms in total. The molecule has 2 aromatic rings. The van der Waals surface area contributed by atoms with E-state index in [1.54, 1.807) is 6.07 Å². The fourth-order valence-corrected chi connectivity index (χ4v) is 3.36. The topological polar surface area (TPSA) is 141 Å². The lowest BCUT2D eigenvalue weighted by Crippen LogP contribution is -2.33. The number of ketones is 1. The fourth-order valence-electron chi connectivity index (χ4n) is 2.52. The van der Waals surface area contributed by atoms with Crippen LogP contribution >= 0.6 is 11.8 Å². The molecule has 1 saturated heterocycles. The van der Waals surface area contributed by atoms with Crippen LogP contribution in [0.25, 0.3) is 6.08 Å². The van der Waals surface area contributed by atoms with Crippen LogP contribution in [0.3, 0.4) is 0 Å². The van der Waals surface area contributed by atoms with Crippen molar-refractivity contribution in [2.75, 3.05) is 6.54 Å². The summed E-state index contributed by atoms with van der Waals surface area (Å²) >= 11 is 0.622. The van der Waals surface area contributed by atoms with Gasteiger partial charge in [-0.1, -0.05) is 12.1 Å². The Morgan fingerprint density at radius 2 is 1.66 bits per heavy atom. The second kappa shape index (κ2) is 8.02. The molecular weight excluding hydrogens is 402 g/mol. The van der Waals surface area contributed by atoms with Crippen LogP contribution in [0.5, 0.6) is 0 Å². The SMILES string of the molecule is O=C(CN1C(=O)S/C(=C/c2cccc([N+](=O)[O-])c2)C1=O)c1ccc([N+](=O)[O-])cc1. The first kappa shape index (κ1) is 19.9. The van der Waals surface area contributed by atoms with Crippen molar-refractivity contribution in [1.82, 2.24) is 4.90 Å². The molecule has 1 aliphatic rings. The van der Waals surface area contributed by atoms with Crippen LogP contribution in [0.4, 0.5) is 16.2 Å². The van der Waals surface area contributed by atoms with Gasteiger partial charge < -0.3 is 0 Å². The molecule has 0 spiro atoms. The first-order valence-electron chi connectivity index (χ1n) is 8.04. The molecule has 2 amide bonds. The third-order valence-corrected chi connectivity index (χ3v) is 4.86. The third kappa shape index (κ3) is 4.35. The molecule has 0 unspecified atom stereocenters. The Labute approximate surface area is 167 Å². The zero-order valence-electron chi connectivity index (χ0n) is 14.5. The first-order chi connectivity index (χ1) is 13.8. The number of thioether (sulfide) groups is 1. The van der Waals surface area contributed by atoms with Gasteiger partial charge >= 0.3 is 0 Å². The molecule has 0 N–H and O–H groups in total. The van der Waals surface area contributed by atoms with E-state index in [1.165, 1.54) is 36.4 Å². The predicted octanol–water partition coefficient (Wildman–Crippen LogP) is 3.42. The summed E-state index contributed by atoms with van der Waals surface area (Å²) in [6.45, 7) is -0.519. The van der Waals surface area contributed by atoms with Crippen LogP contribution in [-0.2, 0) is 4.79 Å². The normalized spacial score (nSPS) is 15.0. The highest BCUT2D eigenvalue weighted by atomic mass is 32.2. The molecule has 29 heavy (non-hydrogen) atoms. The highest BCUT2D eigenvalue weighted by Gasteiger charge is 2.36. The van der Waals surface area contributed by atoms with Gasteiger partial charge in [0, 0.05) is 29.8 Å². The van der Waals surface area contributed by atoms with Gasteiger partial charge in [-0.2, -0.15) is 0 Å². The van der Waals surface area contributed by atoms with E-state index >= 15 is 0 Å². The zero-order chi connectivity index (χ0) is 21.1. The Morgan fingerprint density at radius 3 is 2.28 bits per heavy atom. The van der Waals surface area contributed by atoms with E-state index in [-0.39, 0.29) is 21.8 Å². The number of benzene rings is 2. The second-order valence-corrected chi connectivity index (χ2v) is 6.84. The molecule has 11 heteroatoms. The maximum absolute atomic E-state index is 12.5. The fraction of sp³-hybridized carbons (Fsp3) is 0.0556. The minimum atomic E-state index is -0.693. The van der Waals surface area contributed by atoms with Crippen molar-refractivity contribution in [2.45, 2.75) is 0 Å². The maximum Gasteiger partial charge on any atom is 0.293 e. The monoisotopic (exact) mass is 413 g/mol. The smallest absolute Gasteiger partial charge is 0.292 e. The maximum atomic E-state index is 12.5. The Bertz CT molecular complexity index is 1080. The quantitative estimate of drug-likeness (QED) is 0.303. The number of hydrogen-bond acceptors (Lipinski definition) is 8. The number of amides is 2. The molecule has 1 fully saturated rings. The molecule has 1 aliphatic heterocycles. The number of carbonyl (C=O) groups excluding carboxylic acids is 3. The minimum Gasteiger partial charge on any atom is -0.292 e. The number of carbonyl (C=O) groups is 3. The van der Waals surface area contributed by atoms with Crippen molar-refractivity contribution < 1.29 is 24.2 Å². The summed E-state index contributed by atoms with van der Waals surface area (Å²) in [7, 11) is 0. The van der Waals surface area contributed by atoms with Gasteiger partial charge in [-0.3, -0.25) is 39.5 Å². The molecule has 0 bridgehead atoms. The average molecular weight is 413 g/mol. The van der Waals surface area contributed by atoms with Crippen LogP contribution < -0.4 is 0 Å². The number of nitro benzene ring substituents is 2. The van der Waals surface area contributed by atoms with Gasteiger partial charge in [0.05, 0.1) is 21.3 Å². The third-order valence-electron chi connectivity index (χ3n) is 3.95. The second-order valence-electron chi connectivity index (χ2n) is 5.85. The van der Waals surface area contributed by atoms with Gasteiger partial charge in [0.15, 0.2) is 5.78 Å². The molecule has 0 aromatic heterocycles. The summed E-state index contributed by atoms with van der Waals surface area (Å²) in [4.78, 5) is 58.1. The lowest BCUT2D eigenvalue weighted by Gasteiger charge is -2.11. The van der Waals surface area contributed by atoms with E-state index in [2.05, 4.69) is 0 Å². The van der Waals surface area contributed by atoms with Gasteiger partial charge in [0.25, 0.3) is 22.5 Å². The minimum absolute atomic E-state index is 0.0343. The largest absolute Gasteiger partial charge is 0.293 e. The predicted molar refractivity (Wildman–Crippen MR) is 103 cm³/mol. The van der Waals surface area contributed by atoms with Crippen LogP contribution in [0, 0.1) is 20.2 Å². The van der Waals surface area contributed by atoms with Crippen LogP contribution in [-0.4, -0.2) is 38.2 Å². The molecule has 0 aliphatic carbocycles. The van der Waals surface area contributed by atoms with Gasteiger partial charge in [-0.15, -0.1) is 0 Å². The van der Waals surface area contributed by atoms with E-state index in [0.29, 0.717) is 17.3 Å². The average Bonchev–Trinajstić information content (AvgIpc) is 2.95. The summed E-state index contributed by atoms with van der Waals surface area (Å²) in [5.74, 6) is -1.25. The lowest BCUT2D eigenvalue weighted by molar-refractivity contribution is -0.385. The number of imide groups is 1. The highest BCUT2D eigenvalue weighted by Crippen LogP contribution is 2.32. The van der Waals surface area contributed by atoms with Gasteiger partial charge in [0.2, 0.25) is 0 Å². The van der Waals surface area contributed by atoms with Gasteiger partial charge in [-0.25, -0.2) is 0 Å². The van der Waals surface area contributed by atoms with Crippen LogP contribution in [0.1, 0.15) is 15.9 Å². The Morgan fingerprint density at radius 1 is 1.00 bits per heavy atom. The summed E-state index contributed by atoms with van der Waals surface area (Å²) < 4.78 is 0.